The summed E-state index contributed by atoms with van der Waals surface area (Å²) < 4.78 is 15.9. The first-order valence-corrected chi connectivity index (χ1v) is 9.67. The molecule has 0 spiro atoms. The molecule has 158 valence electrons. The number of aryl methyl sites for hydroxylation is 1. The highest BCUT2D eigenvalue weighted by atomic mass is 16.5. The van der Waals surface area contributed by atoms with Crippen LogP contribution in [-0.4, -0.2) is 44.5 Å². The van der Waals surface area contributed by atoms with E-state index in [2.05, 4.69) is 0 Å². The van der Waals surface area contributed by atoms with Crippen molar-refractivity contribution in [1.82, 2.24) is 0 Å². The first-order chi connectivity index (χ1) is 14.3. The number of ketones is 1. The van der Waals surface area contributed by atoms with Gasteiger partial charge in [0, 0.05) is 24.6 Å². The molecule has 7 heteroatoms. The lowest BCUT2D eigenvalue weighted by molar-refractivity contribution is -0.151. The van der Waals surface area contributed by atoms with Gasteiger partial charge in [-0.25, -0.2) is 0 Å². The molecule has 0 aliphatic carbocycles. The lowest BCUT2D eigenvalue weighted by Gasteiger charge is -2.20. The molecule has 2 aromatic rings. The summed E-state index contributed by atoms with van der Waals surface area (Å²) in [7, 11) is 3.05. The van der Waals surface area contributed by atoms with Crippen molar-refractivity contribution in [3.05, 3.63) is 53.6 Å². The Morgan fingerprint density at radius 1 is 1.07 bits per heavy atom. The Morgan fingerprint density at radius 2 is 1.77 bits per heavy atom. The molecule has 1 aliphatic rings. The Labute approximate surface area is 175 Å². The molecule has 1 heterocycles. The van der Waals surface area contributed by atoms with E-state index >= 15 is 0 Å². The van der Waals surface area contributed by atoms with E-state index in [-0.39, 0.29) is 24.7 Å². The summed E-state index contributed by atoms with van der Waals surface area (Å²) >= 11 is 0. The fourth-order valence-electron chi connectivity index (χ4n) is 3.38. The lowest BCUT2D eigenvalue weighted by Crippen LogP contribution is -2.30. The predicted octanol–water partition coefficient (Wildman–Crippen LogP) is 3.18. The van der Waals surface area contributed by atoms with Crippen LogP contribution in [0.2, 0.25) is 0 Å². The topological polar surface area (TPSA) is 82.1 Å². The van der Waals surface area contributed by atoms with Gasteiger partial charge in [-0.05, 0) is 26.0 Å². The number of rotatable bonds is 7. The van der Waals surface area contributed by atoms with Crippen molar-refractivity contribution in [1.29, 1.82) is 0 Å². The van der Waals surface area contributed by atoms with Crippen LogP contribution in [0.3, 0.4) is 0 Å². The van der Waals surface area contributed by atoms with E-state index in [1.807, 2.05) is 19.1 Å². The standard InChI is InChI=1S/C23H25NO6/c1-14-5-7-16(8-6-14)22(26)15(2)30-23(27)17-11-21(25)24(13-17)19-10-9-18(28-3)12-20(19)29-4/h5-10,12,15,17H,11,13H2,1-4H3/t15-,17-/m1/s1. The maximum absolute atomic E-state index is 12.6. The van der Waals surface area contributed by atoms with Gasteiger partial charge in [0.05, 0.1) is 25.8 Å². The van der Waals surface area contributed by atoms with Crippen molar-refractivity contribution < 1.29 is 28.6 Å². The molecule has 1 fully saturated rings. The summed E-state index contributed by atoms with van der Waals surface area (Å²) in [5, 5.41) is 0. The third-order valence-corrected chi connectivity index (χ3v) is 5.13. The molecule has 1 amide bonds. The van der Waals surface area contributed by atoms with Gasteiger partial charge in [-0.2, -0.15) is 0 Å². The fourth-order valence-corrected chi connectivity index (χ4v) is 3.38. The molecular formula is C23H25NO6. The minimum atomic E-state index is -0.931. The second-order valence-electron chi connectivity index (χ2n) is 7.25. The maximum atomic E-state index is 12.6. The molecule has 2 aromatic carbocycles. The van der Waals surface area contributed by atoms with Crippen molar-refractivity contribution in [2.45, 2.75) is 26.4 Å². The van der Waals surface area contributed by atoms with Crippen LogP contribution in [-0.2, 0) is 14.3 Å². The number of anilines is 1. The number of methoxy groups -OCH3 is 2. The van der Waals surface area contributed by atoms with E-state index in [1.54, 1.807) is 44.4 Å². The van der Waals surface area contributed by atoms with Crippen LogP contribution >= 0.6 is 0 Å². The highest BCUT2D eigenvalue weighted by molar-refractivity contribution is 6.02. The summed E-state index contributed by atoms with van der Waals surface area (Å²) in [5.74, 6) is -0.635. The molecule has 0 bridgehead atoms. The molecule has 1 saturated heterocycles. The highest BCUT2D eigenvalue weighted by Crippen LogP contribution is 2.36. The Balaban J connectivity index is 1.68. The average molecular weight is 411 g/mol. The summed E-state index contributed by atoms with van der Waals surface area (Å²) in [6.07, 6.45) is -0.917. The van der Waals surface area contributed by atoms with Gasteiger partial charge < -0.3 is 19.1 Å². The number of ether oxygens (including phenoxy) is 3. The Bertz CT molecular complexity index is 953. The second kappa shape index (κ2) is 8.98. The summed E-state index contributed by atoms with van der Waals surface area (Å²) in [6, 6.07) is 12.2. The molecule has 7 nitrogen and oxygen atoms in total. The minimum Gasteiger partial charge on any atom is -0.497 e. The van der Waals surface area contributed by atoms with Crippen LogP contribution in [0.25, 0.3) is 0 Å². The van der Waals surface area contributed by atoms with Crippen molar-refractivity contribution in [2.75, 3.05) is 25.7 Å². The Hall–Kier alpha value is -3.35. The van der Waals surface area contributed by atoms with Gasteiger partial charge in [-0.3, -0.25) is 14.4 Å². The number of esters is 1. The van der Waals surface area contributed by atoms with Crippen LogP contribution < -0.4 is 14.4 Å². The third-order valence-electron chi connectivity index (χ3n) is 5.13. The van der Waals surface area contributed by atoms with E-state index in [9.17, 15) is 14.4 Å². The zero-order valence-electron chi connectivity index (χ0n) is 17.5. The van der Waals surface area contributed by atoms with Gasteiger partial charge in [0.15, 0.2) is 6.10 Å². The van der Waals surface area contributed by atoms with Crippen LogP contribution in [0.4, 0.5) is 5.69 Å². The van der Waals surface area contributed by atoms with E-state index < -0.39 is 18.0 Å². The second-order valence-corrected chi connectivity index (χ2v) is 7.25. The number of amides is 1. The van der Waals surface area contributed by atoms with Crippen LogP contribution in [0.1, 0.15) is 29.3 Å². The highest BCUT2D eigenvalue weighted by Gasteiger charge is 2.38. The lowest BCUT2D eigenvalue weighted by atomic mass is 10.1. The van der Waals surface area contributed by atoms with Gasteiger partial charge in [-0.15, -0.1) is 0 Å². The maximum Gasteiger partial charge on any atom is 0.312 e. The Kier molecular flexibility index (Phi) is 6.40. The first-order valence-electron chi connectivity index (χ1n) is 9.67. The molecule has 0 saturated carbocycles. The summed E-state index contributed by atoms with van der Waals surface area (Å²) in [5.41, 5.74) is 2.07. The summed E-state index contributed by atoms with van der Waals surface area (Å²) in [4.78, 5) is 39.2. The number of hydrogen-bond donors (Lipinski definition) is 0. The zero-order chi connectivity index (χ0) is 21.8. The van der Waals surface area contributed by atoms with Gasteiger partial charge in [0.1, 0.15) is 11.5 Å². The van der Waals surface area contributed by atoms with E-state index in [0.717, 1.165) is 5.56 Å². The SMILES string of the molecule is COc1ccc(N2C[C@H](C(=O)O[C@H](C)C(=O)c3ccc(C)cc3)CC2=O)c(OC)c1. The summed E-state index contributed by atoms with van der Waals surface area (Å²) in [6.45, 7) is 3.63. The van der Waals surface area contributed by atoms with Gasteiger partial charge in [0.2, 0.25) is 11.7 Å². The molecule has 0 N–H and O–H groups in total. The average Bonchev–Trinajstić information content (AvgIpc) is 3.14. The smallest absolute Gasteiger partial charge is 0.312 e. The van der Waals surface area contributed by atoms with Crippen LogP contribution in [0.5, 0.6) is 11.5 Å². The number of benzene rings is 2. The molecule has 1 aliphatic heterocycles. The van der Waals surface area contributed by atoms with Crippen molar-refractivity contribution in [3.8, 4) is 11.5 Å². The quantitative estimate of drug-likeness (QED) is 0.514. The van der Waals surface area contributed by atoms with Crippen LogP contribution in [0.15, 0.2) is 42.5 Å². The predicted molar refractivity (Wildman–Crippen MR) is 111 cm³/mol. The molecule has 3 rings (SSSR count). The molecule has 0 unspecified atom stereocenters. The molecule has 0 radical (unpaired) electrons. The molecule has 30 heavy (non-hydrogen) atoms. The molecule has 2 atom stereocenters. The minimum absolute atomic E-state index is 0.0134. The number of Topliss-reactive ketones (excluding diaryl/α,β-unsaturated/α-hetero) is 1. The zero-order valence-corrected chi connectivity index (χ0v) is 17.5. The van der Waals surface area contributed by atoms with Crippen LogP contribution in [0, 0.1) is 12.8 Å². The monoisotopic (exact) mass is 411 g/mol. The van der Waals surface area contributed by atoms with Gasteiger partial charge in [-0.1, -0.05) is 29.8 Å². The first kappa shape index (κ1) is 21.4. The normalized spacial score (nSPS) is 16.9. The third kappa shape index (κ3) is 4.45. The number of hydrogen-bond acceptors (Lipinski definition) is 6. The van der Waals surface area contributed by atoms with Crippen molar-refractivity contribution >= 4 is 23.3 Å². The van der Waals surface area contributed by atoms with Gasteiger partial charge >= 0.3 is 5.97 Å². The van der Waals surface area contributed by atoms with Crippen molar-refractivity contribution in [2.24, 2.45) is 5.92 Å². The van der Waals surface area contributed by atoms with Gasteiger partial charge in [0.25, 0.3) is 0 Å². The number of carbonyl (C=O) groups is 3. The van der Waals surface area contributed by atoms with E-state index in [4.69, 9.17) is 14.2 Å². The molecule has 0 aromatic heterocycles. The van der Waals surface area contributed by atoms with Crippen molar-refractivity contribution in [3.63, 3.8) is 0 Å². The molecular weight excluding hydrogens is 386 g/mol. The largest absolute Gasteiger partial charge is 0.497 e. The fraction of sp³-hybridized carbons (Fsp3) is 0.348. The van der Waals surface area contributed by atoms with E-state index in [0.29, 0.717) is 22.7 Å². The number of nitrogens with zero attached hydrogens (tertiary/aromatic N) is 1. The Morgan fingerprint density at radius 3 is 2.40 bits per heavy atom. The number of carbonyl (C=O) groups excluding carboxylic acids is 3. The van der Waals surface area contributed by atoms with E-state index in [1.165, 1.54) is 12.0 Å².